The van der Waals surface area contributed by atoms with Gasteiger partial charge in [-0.3, -0.25) is 4.79 Å². The number of hydrogen-bond acceptors (Lipinski definition) is 3. The Balaban J connectivity index is 1.56. The lowest BCUT2D eigenvalue weighted by Crippen LogP contribution is -2.45. The molecule has 96 valence electrons. The largest absolute Gasteiger partial charge is 0.396 e. The van der Waals surface area contributed by atoms with E-state index in [9.17, 15) is 4.79 Å². The molecule has 4 nitrogen and oxygen atoms in total. The van der Waals surface area contributed by atoms with E-state index >= 15 is 0 Å². The molecule has 3 unspecified atom stereocenters. The Morgan fingerprint density at radius 2 is 2.00 bits per heavy atom. The molecule has 0 aromatic carbocycles. The van der Waals surface area contributed by atoms with Gasteiger partial charge in [-0.25, -0.2) is 0 Å². The fraction of sp³-hybridized carbons (Fsp3) is 0.923. The average Bonchev–Trinajstić information content (AvgIpc) is 3.00. The molecule has 3 heterocycles. The molecule has 17 heavy (non-hydrogen) atoms. The van der Waals surface area contributed by atoms with Crippen LogP contribution in [0, 0.1) is 11.8 Å². The second-order valence-electron chi connectivity index (χ2n) is 5.84. The van der Waals surface area contributed by atoms with Gasteiger partial charge in [0.05, 0.1) is 5.92 Å². The van der Waals surface area contributed by atoms with Gasteiger partial charge in [-0.2, -0.15) is 0 Å². The van der Waals surface area contributed by atoms with Crippen LogP contribution < -0.4 is 5.32 Å². The predicted octanol–water partition coefficient (Wildman–Crippen LogP) is 0.358. The molecule has 1 amide bonds. The number of amides is 1. The van der Waals surface area contributed by atoms with Crippen LogP contribution in [0.2, 0.25) is 0 Å². The lowest BCUT2D eigenvalue weighted by atomic mass is 9.87. The Morgan fingerprint density at radius 3 is 2.53 bits per heavy atom. The van der Waals surface area contributed by atoms with E-state index in [2.05, 4.69) is 5.32 Å². The molecule has 0 spiro atoms. The standard InChI is InChI=1S/C13H22N2O2/c16-8-9-3-5-15(6-4-9)13(17)11-7-10-1-2-12(11)14-10/h9-12,14,16H,1-8H2. The van der Waals surface area contributed by atoms with Crippen LogP contribution in [-0.4, -0.2) is 47.7 Å². The van der Waals surface area contributed by atoms with Crippen LogP contribution in [0.4, 0.5) is 0 Å². The third kappa shape index (κ3) is 2.08. The lowest BCUT2D eigenvalue weighted by molar-refractivity contribution is -0.137. The molecule has 3 atom stereocenters. The molecule has 3 saturated heterocycles. The van der Waals surface area contributed by atoms with Gasteiger partial charge in [-0.15, -0.1) is 0 Å². The summed E-state index contributed by atoms with van der Waals surface area (Å²) in [6, 6.07) is 1.05. The van der Waals surface area contributed by atoms with Crippen LogP contribution >= 0.6 is 0 Å². The number of piperidine rings is 1. The molecule has 0 radical (unpaired) electrons. The van der Waals surface area contributed by atoms with Crippen LogP contribution in [0.3, 0.4) is 0 Å². The highest BCUT2D eigenvalue weighted by molar-refractivity contribution is 5.80. The van der Waals surface area contributed by atoms with Crippen LogP contribution in [0.5, 0.6) is 0 Å². The zero-order chi connectivity index (χ0) is 11.8. The van der Waals surface area contributed by atoms with Crippen molar-refractivity contribution in [3.8, 4) is 0 Å². The summed E-state index contributed by atoms with van der Waals surface area (Å²) in [7, 11) is 0. The number of aliphatic hydroxyl groups is 1. The van der Waals surface area contributed by atoms with Crippen LogP contribution in [0.1, 0.15) is 32.1 Å². The number of hydrogen-bond donors (Lipinski definition) is 2. The van der Waals surface area contributed by atoms with Gasteiger partial charge in [0.2, 0.25) is 5.91 Å². The number of carbonyl (C=O) groups is 1. The monoisotopic (exact) mass is 238 g/mol. The third-order valence-electron chi connectivity index (χ3n) is 4.80. The van der Waals surface area contributed by atoms with E-state index in [-0.39, 0.29) is 12.5 Å². The fourth-order valence-corrected chi connectivity index (χ4v) is 3.67. The maximum absolute atomic E-state index is 12.4. The Bertz CT molecular complexity index is 300. The average molecular weight is 238 g/mol. The van der Waals surface area contributed by atoms with E-state index < -0.39 is 0 Å². The minimum absolute atomic E-state index is 0.236. The van der Waals surface area contributed by atoms with Crippen LogP contribution in [0.15, 0.2) is 0 Å². The highest BCUT2D eigenvalue weighted by Gasteiger charge is 2.44. The number of carbonyl (C=O) groups excluding carboxylic acids is 1. The molecule has 3 rings (SSSR count). The van der Waals surface area contributed by atoms with Gasteiger partial charge < -0.3 is 15.3 Å². The fourth-order valence-electron chi connectivity index (χ4n) is 3.67. The minimum atomic E-state index is 0.236. The second kappa shape index (κ2) is 4.58. The van der Waals surface area contributed by atoms with E-state index in [1.807, 2.05) is 4.90 Å². The molecule has 0 aromatic heterocycles. The van der Waals surface area contributed by atoms with Crippen LogP contribution in [0.25, 0.3) is 0 Å². The molecule has 3 aliphatic rings. The van der Waals surface area contributed by atoms with Crippen molar-refractivity contribution in [1.29, 1.82) is 0 Å². The third-order valence-corrected chi connectivity index (χ3v) is 4.80. The maximum Gasteiger partial charge on any atom is 0.227 e. The number of aliphatic hydroxyl groups excluding tert-OH is 1. The van der Waals surface area contributed by atoms with Gasteiger partial charge in [0.1, 0.15) is 0 Å². The summed E-state index contributed by atoms with van der Waals surface area (Å²) in [4.78, 5) is 14.4. The van der Waals surface area contributed by atoms with Gasteiger partial charge in [-0.1, -0.05) is 0 Å². The highest BCUT2D eigenvalue weighted by Crippen LogP contribution is 2.35. The normalized spacial score (nSPS) is 37.7. The quantitative estimate of drug-likeness (QED) is 0.730. The first-order chi connectivity index (χ1) is 8.28. The summed E-state index contributed by atoms with van der Waals surface area (Å²) in [6.45, 7) is 1.97. The van der Waals surface area contributed by atoms with Gasteiger partial charge in [0, 0.05) is 31.8 Å². The predicted molar refractivity (Wildman–Crippen MR) is 64.4 cm³/mol. The van der Waals surface area contributed by atoms with Crippen molar-refractivity contribution in [3.63, 3.8) is 0 Å². The summed E-state index contributed by atoms with van der Waals surface area (Å²) in [5, 5.41) is 12.6. The lowest BCUT2D eigenvalue weighted by Gasteiger charge is -2.34. The summed E-state index contributed by atoms with van der Waals surface area (Å²) in [5.74, 6) is 1.01. The zero-order valence-corrected chi connectivity index (χ0v) is 10.3. The number of nitrogens with zero attached hydrogens (tertiary/aromatic N) is 1. The second-order valence-corrected chi connectivity index (χ2v) is 5.84. The van der Waals surface area contributed by atoms with E-state index in [0.717, 1.165) is 32.4 Å². The van der Waals surface area contributed by atoms with E-state index in [1.54, 1.807) is 0 Å². The van der Waals surface area contributed by atoms with Gasteiger partial charge in [0.15, 0.2) is 0 Å². The molecule has 3 aliphatic heterocycles. The van der Waals surface area contributed by atoms with Gasteiger partial charge in [0.25, 0.3) is 0 Å². The van der Waals surface area contributed by atoms with E-state index in [4.69, 9.17) is 5.11 Å². The van der Waals surface area contributed by atoms with Crippen molar-refractivity contribution < 1.29 is 9.90 Å². The molecule has 0 aliphatic carbocycles. The summed E-state index contributed by atoms with van der Waals surface area (Å²) >= 11 is 0. The molecule has 4 heteroatoms. The Kier molecular flexibility index (Phi) is 3.09. The molecular formula is C13H22N2O2. The molecule has 2 bridgehead atoms. The number of likely N-dealkylation sites (tertiary alicyclic amines) is 1. The summed E-state index contributed by atoms with van der Waals surface area (Å²) in [5.41, 5.74) is 0. The molecule has 0 aromatic rings. The molecule has 0 saturated carbocycles. The highest BCUT2D eigenvalue weighted by atomic mass is 16.3. The minimum Gasteiger partial charge on any atom is -0.396 e. The molecular weight excluding hydrogens is 216 g/mol. The number of rotatable bonds is 2. The Morgan fingerprint density at radius 1 is 1.24 bits per heavy atom. The van der Waals surface area contributed by atoms with Crippen molar-refractivity contribution >= 4 is 5.91 Å². The van der Waals surface area contributed by atoms with E-state index in [0.29, 0.717) is 23.9 Å². The smallest absolute Gasteiger partial charge is 0.227 e. The first kappa shape index (κ1) is 11.5. The van der Waals surface area contributed by atoms with Crippen molar-refractivity contribution in [1.82, 2.24) is 10.2 Å². The number of fused-ring (bicyclic) bond motifs is 2. The Hall–Kier alpha value is -0.610. The molecule has 2 N–H and O–H groups in total. The maximum atomic E-state index is 12.4. The van der Waals surface area contributed by atoms with Gasteiger partial charge >= 0.3 is 0 Å². The van der Waals surface area contributed by atoms with Crippen molar-refractivity contribution in [2.45, 2.75) is 44.2 Å². The topological polar surface area (TPSA) is 52.6 Å². The Labute approximate surface area is 102 Å². The SMILES string of the molecule is O=C(C1CC2CCC1N2)N1CCC(CO)CC1. The van der Waals surface area contributed by atoms with Crippen molar-refractivity contribution in [2.24, 2.45) is 11.8 Å². The zero-order valence-electron chi connectivity index (χ0n) is 10.3. The molecule has 3 fully saturated rings. The summed E-state index contributed by atoms with van der Waals surface area (Å²) < 4.78 is 0. The first-order valence-corrected chi connectivity index (χ1v) is 6.93. The van der Waals surface area contributed by atoms with E-state index in [1.165, 1.54) is 12.8 Å². The van der Waals surface area contributed by atoms with Crippen LogP contribution in [-0.2, 0) is 4.79 Å². The summed E-state index contributed by atoms with van der Waals surface area (Å²) in [6.07, 6.45) is 5.41. The van der Waals surface area contributed by atoms with Crippen molar-refractivity contribution in [2.75, 3.05) is 19.7 Å². The van der Waals surface area contributed by atoms with Gasteiger partial charge in [-0.05, 0) is 38.0 Å². The first-order valence-electron chi connectivity index (χ1n) is 6.93. The van der Waals surface area contributed by atoms with Crippen molar-refractivity contribution in [3.05, 3.63) is 0 Å². The number of nitrogens with one attached hydrogen (secondary N) is 1.